The number of hydrogen-bond donors (Lipinski definition) is 2. The highest BCUT2D eigenvalue weighted by atomic mass is 16.6. The van der Waals surface area contributed by atoms with Crippen LogP contribution in [0.15, 0.2) is 42.1 Å². The van der Waals surface area contributed by atoms with E-state index in [-0.39, 0.29) is 24.1 Å². The molecule has 156 valence electrons. The van der Waals surface area contributed by atoms with Crippen LogP contribution in [0.1, 0.15) is 12.0 Å². The summed E-state index contributed by atoms with van der Waals surface area (Å²) in [5, 5.41) is 17.0. The first-order chi connectivity index (χ1) is 14.1. The van der Waals surface area contributed by atoms with Crippen molar-refractivity contribution < 1.29 is 24.0 Å². The van der Waals surface area contributed by atoms with Crippen molar-refractivity contribution in [3.63, 3.8) is 0 Å². The number of ketones is 1. The zero-order valence-corrected chi connectivity index (χ0v) is 16.0. The first-order valence-corrected chi connectivity index (χ1v) is 9.65. The number of hydrogen-bond acceptors (Lipinski definition) is 7. The molecular weight excluding hydrogens is 378 g/mol. The third kappa shape index (κ3) is 5.69. The van der Waals surface area contributed by atoms with Crippen LogP contribution in [0.4, 0.5) is 0 Å². The lowest BCUT2D eigenvalue weighted by atomic mass is 9.84. The van der Waals surface area contributed by atoms with Crippen molar-refractivity contribution in [3.05, 3.63) is 57.8 Å². The van der Waals surface area contributed by atoms with Gasteiger partial charge >= 0.3 is 0 Å². The van der Waals surface area contributed by atoms with Crippen molar-refractivity contribution in [1.82, 2.24) is 10.6 Å². The Labute approximate surface area is 168 Å². The third-order valence-corrected chi connectivity index (χ3v) is 5.21. The maximum Gasteiger partial charge on any atom is 0.243 e. The zero-order chi connectivity index (χ0) is 20.6. The highest BCUT2D eigenvalue weighted by molar-refractivity contribution is 5.98. The average Bonchev–Trinajstić information content (AvgIpc) is 2.73. The Morgan fingerprint density at radius 3 is 2.83 bits per heavy atom. The first-order valence-electron chi connectivity index (χ1n) is 9.65. The van der Waals surface area contributed by atoms with Gasteiger partial charge in [-0.25, -0.2) is 0 Å². The van der Waals surface area contributed by atoms with Crippen LogP contribution in [0.2, 0.25) is 0 Å². The number of amides is 1. The molecule has 0 bridgehead atoms. The topological polar surface area (TPSA) is 120 Å². The van der Waals surface area contributed by atoms with Gasteiger partial charge in [-0.3, -0.25) is 19.7 Å². The molecule has 4 atom stereocenters. The average molecular weight is 403 g/mol. The van der Waals surface area contributed by atoms with E-state index in [1.54, 1.807) is 0 Å². The maximum absolute atomic E-state index is 13.2. The molecule has 29 heavy (non-hydrogen) atoms. The van der Waals surface area contributed by atoms with Crippen LogP contribution in [0.3, 0.4) is 0 Å². The fourth-order valence-corrected chi connectivity index (χ4v) is 3.83. The van der Waals surface area contributed by atoms with Gasteiger partial charge in [0.1, 0.15) is 6.10 Å². The van der Waals surface area contributed by atoms with Crippen molar-refractivity contribution in [2.75, 3.05) is 26.3 Å². The zero-order valence-electron chi connectivity index (χ0n) is 16.0. The summed E-state index contributed by atoms with van der Waals surface area (Å²) in [5.74, 6) is -0.928. The number of benzene rings is 1. The molecule has 1 aromatic carbocycles. The Hall–Kier alpha value is -2.62. The molecule has 2 N–H and O–H groups in total. The third-order valence-electron chi connectivity index (χ3n) is 5.21. The van der Waals surface area contributed by atoms with Crippen LogP contribution in [0.25, 0.3) is 0 Å². The van der Waals surface area contributed by atoms with Gasteiger partial charge < -0.3 is 20.1 Å². The number of carbonyl (C=O) groups is 2. The molecule has 0 spiro atoms. The largest absolute Gasteiger partial charge is 0.376 e. The van der Waals surface area contributed by atoms with Gasteiger partial charge in [0.15, 0.2) is 5.78 Å². The molecule has 4 unspecified atom stereocenters. The summed E-state index contributed by atoms with van der Waals surface area (Å²) in [6.07, 6.45) is 1.20. The number of Topliss-reactive ketones (excluding diaryl/α,β-unsaturated/α-hetero) is 1. The summed E-state index contributed by atoms with van der Waals surface area (Å²) in [7, 11) is 0. The molecule has 0 aromatic heterocycles. The molecular formula is C20H25N3O6. The van der Waals surface area contributed by atoms with Crippen LogP contribution in [-0.2, 0) is 25.5 Å². The molecule has 2 aliphatic rings. The van der Waals surface area contributed by atoms with E-state index in [1.165, 1.54) is 0 Å². The molecule has 1 aromatic rings. The van der Waals surface area contributed by atoms with Crippen molar-refractivity contribution in [3.8, 4) is 0 Å². The van der Waals surface area contributed by atoms with Crippen LogP contribution in [-0.4, -0.2) is 61.7 Å². The number of carbonyl (C=O) groups excluding carboxylic acids is 2. The number of ether oxygens (including phenoxy) is 2. The van der Waals surface area contributed by atoms with Crippen LogP contribution >= 0.6 is 0 Å². The van der Waals surface area contributed by atoms with Crippen LogP contribution in [0.5, 0.6) is 0 Å². The Morgan fingerprint density at radius 1 is 1.31 bits per heavy atom. The van der Waals surface area contributed by atoms with Crippen molar-refractivity contribution in [2.24, 2.45) is 5.92 Å². The van der Waals surface area contributed by atoms with Crippen molar-refractivity contribution in [2.45, 2.75) is 31.1 Å². The van der Waals surface area contributed by atoms with E-state index in [0.29, 0.717) is 38.9 Å². The number of nitrogens with one attached hydrogen (secondary N) is 2. The van der Waals surface area contributed by atoms with Gasteiger partial charge in [-0.05, 0) is 18.5 Å². The van der Waals surface area contributed by atoms with Gasteiger partial charge in [-0.2, -0.15) is 0 Å². The van der Waals surface area contributed by atoms with Gasteiger partial charge in [0, 0.05) is 18.9 Å². The molecule has 1 amide bonds. The number of rotatable bonds is 8. The Kier molecular flexibility index (Phi) is 7.45. The monoisotopic (exact) mass is 403 g/mol. The second-order valence-electron chi connectivity index (χ2n) is 7.20. The summed E-state index contributed by atoms with van der Waals surface area (Å²) in [5.41, 5.74) is 1.04. The van der Waals surface area contributed by atoms with Gasteiger partial charge in [-0.15, -0.1) is 0 Å². The number of piperidine rings is 1. The SMILES string of the molecule is O=CNC1CNCCC1C(=O)/C(=C/[N+](=O)[O-])C1COCC(Cc2ccccc2)O1. The molecule has 9 nitrogen and oxygen atoms in total. The summed E-state index contributed by atoms with van der Waals surface area (Å²) >= 11 is 0. The number of nitrogens with zero attached hydrogens (tertiary/aromatic N) is 1. The van der Waals surface area contributed by atoms with Gasteiger partial charge in [0.25, 0.3) is 0 Å². The minimum atomic E-state index is -0.817. The fraction of sp³-hybridized carbons (Fsp3) is 0.500. The smallest absolute Gasteiger partial charge is 0.243 e. The van der Waals surface area contributed by atoms with E-state index in [4.69, 9.17) is 9.47 Å². The standard InChI is InChI=1S/C20H25N3O6/c24-13-22-18-9-21-7-6-16(18)20(25)17(10-23(26)27)19-12-28-11-15(29-19)8-14-4-2-1-3-5-14/h1-5,10,13,15-16,18-19,21H,6-9,11-12H2,(H,22,24)/b17-10+. The Balaban J connectivity index is 1.76. The molecule has 2 aliphatic heterocycles. The van der Waals surface area contributed by atoms with E-state index in [0.717, 1.165) is 11.8 Å². The fourth-order valence-electron chi connectivity index (χ4n) is 3.83. The van der Waals surface area contributed by atoms with Crippen LogP contribution in [0, 0.1) is 16.0 Å². The quantitative estimate of drug-likeness (QED) is 0.280. The van der Waals surface area contributed by atoms with E-state index in [2.05, 4.69) is 10.6 Å². The molecule has 0 saturated carbocycles. The molecule has 0 aliphatic carbocycles. The maximum atomic E-state index is 13.2. The molecule has 9 heteroatoms. The molecule has 2 saturated heterocycles. The van der Waals surface area contributed by atoms with E-state index in [9.17, 15) is 19.7 Å². The first kappa shape index (κ1) is 21.1. The predicted molar refractivity (Wildman–Crippen MR) is 104 cm³/mol. The minimum Gasteiger partial charge on any atom is -0.376 e. The summed E-state index contributed by atoms with van der Waals surface area (Å²) in [6.45, 7) is 1.46. The van der Waals surface area contributed by atoms with Gasteiger partial charge in [0.2, 0.25) is 12.6 Å². The number of nitro groups is 1. The highest BCUT2D eigenvalue weighted by Crippen LogP contribution is 2.25. The lowest BCUT2D eigenvalue weighted by Crippen LogP contribution is -2.52. The lowest BCUT2D eigenvalue weighted by Gasteiger charge is -2.34. The molecule has 0 radical (unpaired) electrons. The molecule has 3 rings (SSSR count). The lowest BCUT2D eigenvalue weighted by molar-refractivity contribution is -0.404. The Morgan fingerprint density at radius 2 is 2.10 bits per heavy atom. The normalized spacial score (nSPS) is 27.8. The summed E-state index contributed by atoms with van der Waals surface area (Å²) < 4.78 is 11.7. The second kappa shape index (κ2) is 10.2. The summed E-state index contributed by atoms with van der Waals surface area (Å²) in [6, 6.07) is 9.29. The Bertz CT molecular complexity index is 754. The van der Waals surface area contributed by atoms with Gasteiger partial charge in [-0.1, -0.05) is 30.3 Å². The van der Waals surface area contributed by atoms with Crippen molar-refractivity contribution >= 4 is 12.2 Å². The summed E-state index contributed by atoms with van der Waals surface area (Å²) in [4.78, 5) is 34.7. The van der Waals surface area contributed by atoms with E-state index in [1.807, 2.05) is 30.3 Å². The van der Waals surface area contributed by atoms with Crippen LogP contribution < -0.4 is 10.6 Å². The highest BCUT2D eigenvalue weighted by Gasteiger charge is 2.38. The van der Waals surface area contributed by atoms with E-state index >= 15 is 0 Å². The second-order valence-corrected chi connectivity index (χ2v) is 7.20. The van der Waals surface area contributed by atoms with E-state index < -0.39 is 23.0 Å². The molecule has 2 fully saturated rings. The van der Waals surface area contributed by atoms with Gasteiger partial charge in [0.05, 0.1) is 35.9 Å². The molecule has 2 heterocycles. The minimum absolute atomic E-state index is 0.0163. The predicted octanol–water partition coefficient (Wildman–Crippen LogP) is 0.467. The van der Waals surface area contributed by atoms with Crippen molar-refractivity contribution in [1.29, 1.82) is 0 Å².